The van der Waals surface area contributed by atoms with E-state index in [1.165, 1.54) is 11.3 Å². The number of hydrogen-bond acceptors (Lipinski definition) is 5. The lowest BCUT2D eigenvalue weighted by Crippen LogP contribution is -2.56. The van der Waals surface area contributed by atoms with Crippen LogP contribution in [0.4, 0.5) is 11.4 Å². The van der Waals surface area contributed by atoms with Gasteiger partial charge in [0.15, 0.2) is 0 Å². The van der Waals surface area contributed by atoms with Gasteiger partial charge in [0, 0.05) is 51.4 Å². The zero-order valence-electron chi connectivity index (χ0n) is 19.7. The molecular weight excluding hydrogens is 424 g/mol. The molecule has 0 bridgehead atoms. The van der Waals surface area contributed by atoms with Crippen molar-refractivity contribution in [3.63, 3.8) is 0 Å². The number of ether oxygens (including phenoxy) is 1. The highest BCUT2D eigenvalue weighted by atomic mass is 16.5. The van der Waals surface area contributed by atoms with Crippen LogP contribution in [-0.2, 0) is 6.42 Å². The van der Waals surface area contributed by atoms with E-state index in [2.05, 4.69) is 62.5 Å². The second-order valence-electron chi connectivity index (χ2n) is 8.92. The van der Waals surface area contributed by atoms with Gasteiger partial charge < -0.3 is 19.9 Å². The number of rotatable bonds is 7. The number of nitrogens with one attached hydrogen (secondary N) is 1. The molecule has 3 aromatic rings. The Balaban J connectivity index is 1.24. The average Bonchev–Trinajstić information content (AvgIpc) is 2.89. The van der Waals surface area contributed by atoms with Crippen molar-refractivity contribution in [1.29, 1.82) is 0 Å². The molecule has 6 heteroatoms. The molecule has 0 radical (unpaired) electrons. The van der Waals surface area contributed by atoms with Gasteiger partial charge in [-0.3, -0.25) is 9.69 Å². The minimum Gasteiger partial charge on any atom is -0.497 e. The van der Waals surface area contributed by atoms with Crippen LogP contribution >= 0.6 is 0 Å². The number of para-hydroxylation sites is 1. The maximum Gasteiger partial charge on any atom is 0.254 e. The summed E-state index contributed by atoms with van der Waals surface area (Å²) >= 11 is 0. The number of fused-ring (bicyclic) bond motifs is 1. The van der Waals surface area contributed by atoms with Crippen LogP contribution in [0.3, 0.4) is 0 Å². The Hall–Kier alpha value is -3.51. The second-order valence-corrected chi connectivity index (χ2v) is 8.92. The minimum absolute atomic E-state index is 0.0147. The summed E-state index contributed by atoms with van der Waals surface area (Å²) in [6.45, 7) is 5.90. The van der Waals surface area contributed by atoms with E-state index in [0.29, 0.717) is 0 Å². The molecule has 1 fully saturated rings. The first-order valence-corrected chi connectivity index (χ1v) is 12.0. The van der Waals surface area contributed by atoms with Crippen LogP contribution in [0.15, 0.2) is 78.9 Å². The third-order valence-corrected chi connectivity index (χ3v) is 6.87. The summed E-state index contributed by atoms with van der Waals surface area (Å²) in [6, 6.07) is 26.7. The van der Waals surface area contributed by atoms with Crippen LogP contribution in [0.2, 0.25) is 0 Å². The summed E-state index contributed by atoms with van der Waals surface area (Å²) in [7, 11) is 1.70. The van der Waals surface area contributed by atoms with Crippen molar-refractivity contribution in [2.45, 2.75) is 12.6 Å². The van der Waals surface area contributed by atoms with Gasteiger partial charge in [0.25, 0.3) is 5.91 Å². The number of nitrogens with zero attached hydrogens (tertiary/aromatic N) is 3. The monoisotopic (exact) mass is 456 g/mol. The molecular formula is C28H32N4O2. The Morgan fingerprint density at radius 2 is 1.56 bits per heavy atom. The van der Waals surface area contributed by atoms with Gasteiger partial charge in [-0.2, -0.15) is 0 Å². The molecule has 0 aromatic heterocycles. The number of piperazine rings is 1. The molecule has 1 N–H and O–H groups in total. The topological polar surface area (TPSA) is 48.1 Å². The van der Waals surface area contributed by atoms with Crippen LogP contribution in [0.5, 0.6) is 5.75 Å². The lowest BCUT2D eigenvalue weighted by Gasteiger charge is -2.41. The zero-order chi connectivity index (χ0) is 23.3. The molecule has 3 aromatic carbocycles. The number of methoxy groups -OCH3 is 1. The molecule has 2 aliphatic rings. The summed E-state index contributed by atoms with van der Waals surface area (Å²) in [5.41, 5.74) is 4.27. The second kappa shape index (κ2) is 10.2. The van der Waals surface area contributed by atoms with Gasteiger partial charge in [0.1, 0.15) is 11.9 Å². The van der Waals surface area contributed by atoms with Crippen LogP contribution in [0.1, 0.15) is 15.9 Å². The SMILES string of the molecule is COc1ccc(N2CCN(CCN3c4ccccc4C(=O)NC3Cc3ccccc3)CC2)cc1. The van der Waals surface area contributed by atoms with Gasteiger partial charge in [-0.05, 0) is 42.0 Å². The molecule has 0 aliphatic carbocycles. The van der Waals surface area contributed by atoms with Crippen molar-refractivity contribution in [3.8, 4) is 5.75 Å². The Bertz CT molecular complexity index is 1090. The molecule has 2 heterocycles. The van der Waals surface area contributed by atoms with Crippen molar-refractivity contribution in [2.75, 3.05) is 56.2 Å². The van der Waals surface area contributed by atoms with E-state index < -0.39 is 0 Å². The third-order valence-electron chi connectivity index (χ3n) is 6.87. The number of amides is 1. The largest absolute Gasteiger partial charge is 0.497 e. The molecule has 1 atom stereocenters. The molecule has 5 rings (SSSR count). The Kier molecular flexibility index (Phi) is 6.67. The highest BCUT2D eigenvalue weighted by molar-refractivity contribution is 6.02. The number of benzene rings is 3. The average molecular weight is 457 g/mol. The van der Waals surface area contributed by atoms with Gasteiger partial charge in [-0.15, -0.1) is 0 Å². The van der Waals surface area contributed by atoms with Crippen molar-refractivity contribution >= 4 is 17.3 Å². The quantitative estimate of drug-likeness (QED) is 0.588. The van der Waals surface area contributed by atoms with Crippen molar-refractivity contribution in [2.24, 2.45) is 0 Å². The first kappa shape index (κ1) is 22.3. The fraction of sp³-hybridized carbons (Fsp3) is 0.321. The lowest BCUT2D eigenvalue weighted by atomic mass is 10.0. The molecule has 34 heavy (non-hydrogen) atoms. The first-order chi connectivity index (χ1) is 16.7. The molecule has 1 saturated heterocycles. The maximum atomic E-state index is 12.8. The predicted octanol–water partition coefficient (Wildman–Crippen LogP) is 3.64. The summed E-state index contributed by atoms with van der Waals surface area (Å²) < 4.78 is 5.28. The summed E-state index contributed by atoms with van der Waals surface area (Å²) in [4.78, 5) is 20.1. The summed E-state index contributed by atoms with van der Waals surface area (Å²) in [5.74, 6) is 0.905. The van der Waals surface area contributed by atoms with E-state index in [9.17, 15) is 4.79 Å². The van der Waals surface area contributed by atoms with E-state index in [4.69, 9.17) is 4.74 Å². The molecule has 1 unspecified atom stereocenters. The Morgan fingerprint density at radius 1 is 0.853 bits per heavy atom. The van der Waals surface area contributed by atoms with Gasteiger partial charge >= 0.3 is 0 Å². The summed E-state index contributed by atoms with van der Waals surface area (Å²) in [5, 5.41) is 3.25. The normalized spacial score (nSPS) is 18.4. The lowest BCUT2D eigenvalue weighted by molar-refractivity contribution is 0.0925. The highest BCUT2D eigenvalue weighted by Crippen LogP contribution is 2.27. The molecule has 1 amide bonds. The number of carbonyl (C=O) groups is 1. The predicted molar refractivity (Wildman–Crippen MR) is 137 cm³/mol. The van der Waals surface area contributed by atoms with Crippen LogP contribution in [-0.4, -0.2) is 63.4 Å². The fourth-order valence-electron chi connectivity index (χ4n) is 4.94. The van der Waals surface area contributed by atoms with E-state index in [1.807, 2.05) is 36.4 Å². The highest BCUT2D eigenvalue weighted by Gasteiger charge is 2.31. The molecule has 176 valence electrons. The van der Waals surface area contributed by atoms with E-state index in [-0.39, 0.29) is 12.1 Å². The zero-order valence-corrected chi connectivity index (χ0v) is 19.7. The maximum absolute atomic E-state index is 12.8. The van der Waals surface area contributed by atoms with Gasteiger partial charge in [0.05, 0.1) is 18.4 Å². The van der Waals surface area contributed by atoms with Gasteiger partial charge in [-0.25, -0.2) is 0 Å². The van der Waals surface area contributed by atoms with Crippen LogP contribution in [0.25, 0.3) is 0 Å². The summed E-state index contributed by atoms with van der Waals surface area (Å²) in [6.07, 6.45) is 0.733. The van der Waals surface area contributed by atoms with Crippen molar-refractivity contribution in [3.05, 3.63) is 90.0 Å². The third kappa shape index (κ3) is 4.87. The van der Waals surface area contributed by atoms with Crippen molar-refractivity contribution < 1.29 is 9.53 Å². The Morgan fingerprint density at radius 3 is 2.29 bits per heavy atom. The first-order valence-electron chi connectivity index (χ1n) is 12.0. The van der Waals surface area contributed by atoms with Crippen LogP contribution < -0.4 is 19.9 Å². The number of carbonyl (C=O) groups excluding carboxylic acids is 1. The smallest absolute Gasteiger partial charge is 0.254 e. The number of hydrogen-bond donors (Lipinski definition) is 1. The van der Waals surface area contributed by atoms with Gasteiger partial charge in [-0.1, -0.05) is 42.5 Å². The Labute approximate surface area is 201 Å². The molecule has 6 nitrogen and oxygen atoms in total. The minimum atomic E-state index is -0.0506. The molecule has 0 saturated carbocycles. The fourth-order valence-corrected chi connectivity index (χ4v) is 4.94. The van der Waals surface area contributed by atoms with E-state index in [1.54, 1.807) is 7.11 Å². The number of anilines is 2. The van der Waals surface area contributed by atoms with E-state index >= 15 is 0 Å². The molecule has 2 aliphatic heterocycles. The standard InChI is InChI=1S/C28H32N4O2/c1-34-24-13-11-23(12-14-24)31-18-15-30(16-19-31)17-20-32-26-10-6-5-9-25(26)28(33)29-27(32)21-22-7-3-2-4-8-22/h2-14,27H,15-21H2,1H3,(H,29,33). The van der Waals surface area contributed by atoms with Crippen molar-refractivity contribution in [1.82, 2.24) is 10.2 Å². The van der Waals surface area contributed by atoms with Crippen LogP contribution in [0, 0.1) is 0 Å². The van der Waals surface area contributed by atoms with E-state index in [0.717, 1.165) is 62.7 Å². The molecule has 0 spiro atoms. The van der Waals surface area contributed by atoms with Gasteiger partial charge in [0.2, 0.25) is 0 Å².